The lowest BCUT2D eigenvalue weighted by Gasteiger charge is -2.36. The Kier molecular flexibility index (Phi) is 4.50. The Balaban J connectivity index is 1.55. The summed E-state index contributed by atoms with van der Waals surface area (Å²) in [5.41, 5.74) is 5.64. The molecule has 5 nitrogen and oxygen atoms in total. The maximum Gasteiger partial charge on any atom is 0.155 e. The fourth-order valence-corrected chi connectivity index (χ4v) is 5.05. The second-order valence-corrected chi connectivity index (χ2v) is 8.75. The molecule has 5 rings (SSSR count). The first-order valence-electron chi connectivity index (χ1n) is 10.8. The second-order valence-electron chi connectivity index (χ2n) is 8.75. The highest BCUT2D eigenvalue weighted by Gasteiger charge is 2.38. The predicted octanol–water partition coefficient (Wildman–Crippen LogP) is 3.75. The van der Waals surface area contributed by atoms with Crippen molar-refractivity contribution < 1.29 is 5.11 Å². The van der Waals surface area contributed by atoms with Gasteiger partial charge in [-0.3, -0.25) is 0 Å². The third-order valence-corrected chi connectivity index (χ3v) is 6.72. The van der Waals surface area contributed by atoms with E-state index < -0.39 is 0 Å². The van der Waals surface area contributed by atoms with Crippen LogP contribution in [0, 0.1) is 0 Å². The number of phenolic OH excluding ortho intramolecular Hbond substituents is 1. The van der Waals surface area contributed by atoms with E-state index in [-0.39, 0.29) is 0 Å². The Hall–Kier alpha value is -2.14. The van der Waals surface area contributed by atoms with Crippen LogP contribution in [0.4, 0.5) is 5.82 Å². The quantitative estimate of drug-likeness (QED) is 0.878. The molecule has 1 N–H and O–H groups in total. The molecule has 3 heterocycles. The van der Waals surface area contributed by atoms with E-state index in [9.17, 15) is 5.11 Å². The first kappa shape index (κ1) is 17.9. The minimum Gasteiger partial charge on any atom is -0.507 e. The van der Waals surface area contributed by atoms with E-state index in [1.807, 2.05) is 12.1 Å². The first-order chi connectivity index (χ1) is 13.7. The second kappa shape index (κ2) is 7.03. The van der Waals surface area contributed by atoms with Gasteiger partial charge in [0.1, 0.15) is 11.4 Å². The molecule has 148 valence electrons. The summed E-state index contributed by atoms with van der Waals surface area (Å²) in [5, 5.41) is 20.1. The number of hydrogen-bond acceptors (Lipinski definition) is 5. The number of aromatic nitrogens is 2. The molecule has 1 aromatic heterocycles. The normalized spacial score (nSPS) is 22.5. The topological polar surface area (TPSA) is 52.5 Å². The van der Waals surface area contributed by atoms with Crippen molar-refractivity contribution >= 4 is 5.82 Å². The first-order valence-corrected chi connectivity index (χ1v) is 10.8. The minimum atomic E-state index is 0.333. The zero-order valence-corrected chi connectivity index (χ0v) is 17.0. The Morgan fingerprint density at radius 1 is 1.14 bits per heavy atom. The number of hydrogen-bond donors (Lipinski definition) is 1. The van der Waals surface area contributed by atoms with Gasteiger partial charge in [0.25, 0.3) is 0 Å². The molecule has 0 spiro atoms. The van der Waals surface area contributed by atoms with E-state index in [1.165, 1.54) is 43.4 Å². The van der Waals surface area contributed by atoms with Gasteiger partial charge in [-0.05, 0) is 81.3 Å². The van der Waals surface area contributed by atoms with E-state index in [0.29, 0.717) is 17.7 Å². The zero-order valence-electron chi connectivity index (χ0n) is 17.0. The third-order valence-electron chi connectivity index (χ3n) is 6.72. The van der Waals surface area contributed by atoms with Gasteiger partial charge in [0.2, 0.25) is 0 Å². The van der Waals surface area contributed by atoms with Crippen molar-refractivity contribution in [3.8, 4) is 17.0 Å². The highest BCUT2D eigenvalue weighted by Crippen LogP contribution is 2.49. The number of nitrogens with zero attached hydrogens (tertiary/aromatic N) is 4. The van der Waals surface area contributed by atoms with Crippen LogP contribution >= 0.6 is 0 Å². The van der Waals surface area contributed by atoms with Gasteiger partial charge in [0, 0.05) is 30.3 Å². The van der Waals surface area contributed by atoms with Gasteiger partial charge in [0.05, 0.1) is 0 Å². The van der Waals surface area contributed by atoms with Gasteiger partial charge in [-0.2, -0.15) is 0 Å². The van der Waals surface area contributed by atoms with Crippen LogP contribution in [0.2, 0.25) is 0 Å². The molecule has 3 aliphatic rings. The van der Waals surface area contributed by atoms with E-state index in [0.717, 1.165) is 48.6 Å². The number of aromatic hydroxyl groups is 1. The molecule has 5 heteroatoms. The smallest absolute Gasteiger partial charge is 0.155 e. The highest BCUT2D eigenvalue weighted by atomic mass is 16.3. The Labute approximate surface area is 167 Å². The average Bonchev–Trinajstić information content (AvgIpc) is 3.45. The molecule has 28 heavy (non-hydrogen) atoms. The number of likely N-dealkylation sites (N-methyl/N-ethyl adjacent to an activating group) is 1. The van der Waals surface area contributed by atoms with E-state index in [1.54, 1.807) is 0 Å². The maximum atomic E-state index is 10.7. The average molecular weight is 379 g/mol. The molecule has 1 atom stereocenters. The molecule has 0 radical (unpaired) electrons. The monoisotopic (exact) mass is 378 g/mol. The van der Waals surface area contributed by atoms with E-state index in [2.05, 4.69) is 29.8 Å². The number of piperidine rings is 1. The summed E-state index contributed by atoms with van der Waals surface area (Å²) in [6.07, 6.45) is 6.93. The van der Waals surface area contributed by atoms with Crippen molar-refractivity contribution in [2.45, 2.75) is 57.4 Å². The van der Waals surface area contributed by atoms with Crippen LogP contribution in [0.3, 0.4) is 0 Å². The van der Waals surface area contributed by atoms with Crippen LogP contribution < -0.4 is 4.90 Å². The summed E-state index contributed by atoms with van der Waals surface area (Å²) in [6.45, 7) is 5.46. The number of anilines is 1. The van der Waals surface area contributed by atoms with Gasteiger partial charge in [0.15, 0.2) is 5.82 Å². The third kappa shape index (κ3) is 3.06. The molecule has 2 aromatic rings. The summed E-state index contributed by atoms with van der Waals surface area (Å²) in [5.74, 6) is 2.02. The number of likely N-dealkylation sites (tertiary alicyclic amines) is 1. The Morgan fingerprint density at radius 3 is 2.71 bits per heavy atom. The van der Waals surface area contributed by atoms with Gasteiger partial charge in [-0.1, -0.05) is 13.0 Å². The predicted molar refractivity (Wildman–Crippen MR) is 112 cm³/mol. The van der Waals surface area contributed by atoms with E-state index in [4.69, 9.17) is 10.2 Å². The molecule has 0 unspecified atom stereocenters. The molecule has 1 saturated heterocycles. The van der Waals surface area contributed by atoms with Crippen LogP contribution in [0.25, 0.3) is 11.3 Å². The van der Waals surface area contributed by atoms with Crippen LogP contribution in [-0.4, -0.2) is 52.9 Å². The Morgan fingerprint density at radius 2 is 2.00 bits per heavy atom. The van der Waals surface area contributed by atoms with Gasteiger partial charge >= 0.3 is 0 Å². The summed E-state index contributed by atoms with van der Waals surface area (Å²) in [6, 6.07) is 6.55. The van der Waals surface area contributed by atoms with Crippen molar-refractivity contribution in [1.82, 2.24) is 15.1 Å². The molecule has 2 fully saturated rings. The maximum absolute atomic E-state index is 10.7. The lowest BCUT2D eigenvalue weighted by molar-refractivity contribution is 0.245. The highest BCUT2D eigenvalue weighted by molar-refractivity contribution is 5.75. The molecule has 0 amide bonds. The summed E-state index contributed by atoms with van der Waals surface area (Å²) < 4.78 is 0. The van der Waals surface area contributed by atoms with Crippen LogP contribution in [0.5, 0.6) is 5.75 Å². The fourth-order valence-electron chi connectivity index (χ4n) is 5.05. The standard InChI is InChI=1S/C23H30N4O/c1-3-15-6-9-18(20(28)13-15)22-21(16-7-8-16)19-10-12-27(23(19)25-24-22)17-5-4-11-26(2)14-17/h6,9,13,16-17,28H,3-5,7-8,10-12,14H2,1-2H3/t17-/m1/s1. The Bertz CT molecular complexity index is 892. The summed E-state index contributed by atoms with van der Waals surface area (Å²) in [7, 11) is 2.22. The van der Waals surface area contributed by atoms with Gasteiger partial charge < -0.3 is 14.9 Å². The number of fused-ring (bicyclic) bond motifs is 1. The number of rotatable bonds is 4. The van der Waals surface area contributed by atoms with Crippen LogP contribution in [0.15, 0.2) is 18.2 Å². The summed E-state index contributed by atoms with van der Waals surface area (Å²) in [4.78, 5) is 4.94. The largest absolute Gasteiger partial charge is 0.507 e. The van der Waals surface area contributed by atoms with Crippen molar-refractivity contribution in [3.05, 3.63) is 34.9 Å². The zero-order chi connectivity index (χ0) is 19.3. The van der Waals surface area contributed by atoms with Gasteiger partial charge in [-0.25, -0.2) is 0 Å². The number of benzene rings is 1. The lowest BCUT2D eigenvalue weighted by Crippen LogP contribution is -2.46. The lowest BCUT2D eigenvalue weighted by atomic mass is 9.96. The summed E-state index contributed by atoms with van der Waals surface area (Å²) >= 11 is 0. The van der Waals surface area contributed by atoms with Gasteiger partial charge in [-0.15, -0.1) is 10.2 Å². The van der Waals surface area contributed by atoms with Crippen LogP contribution in [-0.2, 0) is 12.8 Å². The molecular weight excluding hydrogens is 348 g/mol. The van der Waals surface area contributed by atoms with Crippen molar-refractivity contribution in [3.63, 3.8) is 0 Å². The minimum absolute atomic E-state index is 0.333. The molecule has 1 aliphatic carbocycles. The fraction of sp³-hybridized carbons (Fsp3) is 0.565. The van der Waals surface area contributed by atoms with Crippen LogP contribution in [0.1, 0.15) is 55.2 Å². The van der Waals surface area contributed by atoms with Crippen molar-refractivity contribution in [1.29, 1.82) is 0 Å². The molecule has 0 bridgehead atoms. The molecule has 1 saturated carbocycles. The van der Waals surface area contributed by atoms with Crippen molar-refractivity contribution in [2.75, 3.05) is 31.6 Å². The van der Waals surface area contributed by atoms with E-state index >= 15 is 0 Å². The number of phenols is 1. The number of aryl methyl sites for hydroxylation is 1. The van der Waals surface area contributed by atoms with Crippen molar-refractivity contribution in [2.24, 2.45) is 0 Å². The SMILES string of the molecule is CCc1ccc(-c2nnc3c(c2C2CC2)CCN3[C@@H]2CCCN(C)C2)c(O)c1. The molecule has 2 aliphatic heterocycles. The molecule has 1 aromatic carbocycles. The molecular formula is C23H30N4O.